The first-order valence-electron chi connectivity index (χ1n) is 6.86. The Morgan fingerprint density at radius 2 is 1.91 bits per heavy atom. The van der Waals surface area contributed by atoms with Gasteiger partial charge >= 0.3 is 5.97 Å². The zero-order chi connectivity index (χ0) is 15.3. The van der Waals surface area contributed by atoms with Gasteiger partial charge in [0.15, 0.2) is 5.13 Å². The van der Waals surface area contributed by atoms with Crippen molar-refractivity contribution in [2.24, 2.45) is 11.8 Å². The van der Waals surface area contributed by atoms with Crippen LogP contribution in [0.3, 0.4) is 0 Å². The molecule has 1 aromatic carbocycles. The molecule has 0 spiro atoms. The number of rotatable bonds is 3. The molecule has 2 aliphatic rings. The SMILES string of the molecule is O=C(O)[C@@H]1[C@H](C(=O)Nc2nc3ccccc3s2)[C@@H]2C=C[C@H]1O2. The highest BCUT2D eigenvalue weighted by molar-refractivity contribution is 7.22. The maximum Gasteiger partial charge on any atom is 0.310 e. The summed E-state index contributed by atoms with van der Waals surface area (Å²) in [5, 5.41) is 12.5. The molecule has 2 aliphatic heterocycles. The van der Waals surface area contributed by atoms with E-state index in [2.05, 4.69) is 10.3 Å². The summed E-state index contributed by atoms with van der Waals surface area (Å²) in [5.41, 5.74) is 0.807. The van der Waals surface area contributed by atoms with E-state index in [0.717, 1.165) is 10.2 Å². The maximum atomic E-state index is 12.5. The van der Waals surface area contributed by atoms with Crippen LogP contribution < -0.4 is 5.32 Å². The highest BCUT2D eigenvalue weighted by Gasteiger charge is 2.53. The zero-order valence-corrected chi connectivity index (χ0v) is 12.1. The van der Waals surface area contributed by atoms with Crippen molar-refractivity contribution in [1.29, 1.82) is 0 Å². The number of aromatic nitrogens is 1. The lowest BCUT2D eigenvalue weighted by Crippen LogP contribution is -2.39. The van der Waals surface area contributed by atoms with Crippen LogP contribution >= 0.6 is 11.3 Å². The Kier molecular flexibility index (Phi) is 2.98. The van der Waals surface area contributed by atoms with E-state index in [1.807, 2.05) is 24.3 Å². The second-order valence-corrected chi connectivity index (χ2v) is 6.35. The first-order chi connectivity index (χ1) is 10.6. The van der Waals surface area contributed by atoms with Crippen molar-refractivity contribution in [3.8, 4) is 0 Å². The number of fused-ring (bicyclic) bond motifs is 3. The first kappa shape index (κ1) is 13.4. The summed E-state index contributed by atoms with van der Waals surface area (Å²) in [6, 6.07) is 7.57. The molecule has 22 heavy (non-hydrogen) atoms. The molecule has 112 valence electrons. The molecular formula is C15H12N2O4S. The predicted octanol–water partition coefficient (Wildman–Crippen LogP) is 1.89. The number of benzene rings is 1. The van der Waals surface area contributed by atoms with Crippen molar-refractivity contribution in [3.63, 3.8) is 0 Å². The molecule has 0 unspecified atom stereocenters. The molecule has 0 aliphatic carbocycles. The number of amides is 1. The molecule has 4 rings (SSSR count). The molecule has 3 heterocycles. The third-order valence-electron chi connectivity index (χ3n) is 4.01. The zero-order valence-electron chi connectivity index (χ0n) is 11.3. The van der Waals surface area contributed by atoms with Gasteiger partial charge in [0.05, 0.1) is 28.3 Å². The van der Waals surface area contributed by atoms with Crippen LogP contribution in [0.4, 0.5) is 5.13 Å². The minimum Gasteiger partial charge on any atom is -0.481 e. The number of aliphatic carboxylic acids is 1. The number of carboxylic acids is 1. The fraction of sp³-hybridized carbons (Fsp3) is 0.267. The van der Waals surface area contributed by atoms with E-state index in [1.165, 1.54) is 11.3 Å². The molecule has 1 aromatic heterocycles. The number of para-hydroxylation sites is 1. The number of nitrogens with one attached hydrogen (secondary N) is 1. The molecule has 0 radical (unpaired) electrons. The Morgan fingerprint density at radius 1 is 1.18 bits per heavy atom. The predicted molar refractivity (Wildman–Crippen MR) is 80.7 cm³/mol. The van der Waals surface area contributed by atoms with Gasteiger partial charge in [0, 0.05) is 0 Å². The van der Waals surface area contributed by atoms with Crippen LogP contribution in [0.25, 0.3) is 10.2 Å². The quantitative estimate of drug-likeness (QED) is 0.844. The lowest BCUT2D eigenvalue weighted by Gasteiger charge is -2.20. The summed E-state index contributed by atoms with van der Waals surface area (Å²) >= 11 is 1.36. The molecule has 1 saturated heterocycles. The summed E-state index contributed by atoms with van der Waals surface area (Å²) in [6.45, 7) is 0. The summed E-state index contributed by atoms with van der Waals surface area (Å²) < 4.78 is 6.48. The third kappa shape index (κ3) is 2.01. The number of anilines is 1. The van der Waals surface area contributed by atoms with E-state index in [4.69, 9.17) is 4.74 Å². The maximum absolute atomic E-state index is 12.5. The smallest absolute Gasteiger partial charge is 0.310 e. The number of carbonyl (C=O) groups is 2. The van der Waals surface area contributed by atoms with Gasteiger partial charge in [-0.25, -0.2) is 4.98 Å². The molecule has 2 aromatic rings. The molecule has 7 heteroatoms. The van der Waals surface area contributed by atoms with Crippen molar-refractivity contribution >= 4 is 38.6 Å². The van der Waals surface area contributed by atoms with Crippen molar-refractivity contribution in [2.75, 3.05) is 5.32 Å². The van der Waals surface area contributed by atoms with Gasteiger partial charge in [0.25, 0.3) is 0 Å². The van der Waals surface area contributed by atoms with E-state index in [1.54, 1.807) is 12.2 Å². The van der Waals surface area contributed by atoms with Crippen LogP contribution in [-0.2, 0) is 14.3 Å². The van der Waals surface area contributed by atoms with Crippen molar-refractivity contribution < 1.29 is 19.4 Å². The summed E-state index contributed by atoms with van der Waals surface area (Å²) in [6.07, 6.45) is 2.48. The second-order valence-electron chi connectivity index (χ2n) is 5.32. The van der Waals surface area contributed by atoms with Crippen LogP contribution in [0.1, 0.15) is 0 Å². The van der Waals surface area contributed by atoms with Crippen LogP contribution in [0.5, 0.6) is 0 Å². The highest BCUT2D eigenvalue weighted by atomic mass is 32.1. The fourth-order valence-electron chi connectivity index (χ4n) is 3.03. The summed E-state index contributed by atoms with van der Waals surface area (Å²) in [5.74, 6) is -2.94. The van der Waals surface area contributed by atoms with Gasteiger partial charge in [-0.05, 0) is 12.1 Å². The van der Waals surface area contributed by atoms with Gasteiger partial charge in [0.1, 0.15) is 5.92 Å². The summed E-state index contributed by atoms with van der Waals surface area (Å²) in [4.78, 5) is 28.2. The van der Waals surface area contributed by atoms with E-state index in [9.17, 15) is 14.7 Å². The molecule has 6 nitrogen and oxygen atoms in total. The monoisotopic (exact) mass is 316 g/mol. The minimum absolute atomic E-state index is 0.358. The number of hydrogen-bond acceptors (Lipinski definition) is 5. The topological polar surface area (TPSA) is 88.5 Å². The highest BCUT2D eigenvalue weighted by Crippen LogP contribution is 2.40. The van der Waals surface area contributed by atoms with Gasteiger partial charge in [-0.2, -0.15) is 0 Å². The Morgan fingerprint density at radius 3 is 2.64 bits per heavy atom. The Hall–Kier alpha value is -2.25. The number of carboxylic acid groups (broad SMARTS) is 1. The standard InChI is InChI=1S/C15H12N2O4S/c18-13(11-8-5-6-9(21-8)12(11)14(19)20)17-15-16-7-3-1-2-4-10(7)22-15/h1-6,8-9,11-12H,(H,19,20)(H,16,17,18)/t8-,9+,11+,12-/m0/s1. The lowest BCUT2D eigenvalue weighted by atomic mass is 9.82. The number of carbonyl (C=O) groups excluding carboxylic acids is 1. The number of nitrogens with zero attached hydrogens (tertiary/aromatic N) is 1. The molecule has 0 saturated carbocycles. The Bertz CT molecular complexity index is 767. The largest absolute Gasteiger partial charge is 0.481 e. The van der Waals surface area contributed by atoms with Gasteiger partial charge in [-0.3, -0.25) is 9.59 Å². The molecule has 4 atom stereocenters. The van der Waals surface area contributed by atoms with Gasteiger partial charge in [-0.15, -0.1) is 0 Å². The van der Waals surface area contributed by atoms with Crippen molar-refractivity contribution in [1.82, 2.24) is 4.98 Å². The number of thiazole rings is 1. The second kappa shape index (κ2) is 4.89. The van der Waals surface area contributed by atoms with Crippen molar-refractivity contribution in [2.45, 2.75) is 12.2 Å². The Balaban J connectivity index is 1.59. The van der Waals surface area contributed by atoms with Crippen molar-refractivity contribution in [3.05, 3.63) is 36.4 Å². The molecule has 1 amide bonds. The molecular weight excluding hydrogens is 304 g/mol. The van der Waals surface area contributed by atoms with E-state index >= 15 is 0 Å². The lowest BCUT2D eigenvalue weighted by molar-refractivity contribution is -0.145. The summed E-state index contributed by atoms with van der Waals surface area (Å²) in [7, 11) is 0. The number of hydrogen-bond donors (Lipinski definition) is 2. The number of ether oxygens (including phenoxy) is 1. The molecule has 1 fully saturated rings. The molecule has 2 N–H and O–H groups in total. The minimum atomic E-state index is -1.01. The van der Waals surface area contributed by atoms with Crippen LogP contribution in [0.15, 0.2) is 36.4 Å². The average Bonchev–Trinajstić information content (AvgIpc) is 3.19. The van der Waals surface area contributed by atoms with E-state index in [-0.39, 0.29) is 5.91 Å². The van der Waals surface area contributed by atoms with Crippen LogP contribution in [0, 0.1) is 11.8 Å². The van der Waals surface area contributed by atoms with Gasteiger partial charge in [-0.1, -0.05) is 35.6 Å². The average molecular weight is 316 g/mol. The van der Waals surface area contributed by atoms with E-state index < -0.39 is 30.0 Å². The first-order valence-corrected chi connectivity index (χ1v) is 7.68. The van der Waals surface area contributed by atoms with Crippen LogP contribution in [0.2, 0.25) is 0 Å². The molecule has 2 bridgehead atoms. The van der Waals surface area contributed by atoms with Crippen LogP contribution in [-0.4, -0.2) is 34.2 Å². The fourth-order valence-corrected chi connectivity index (χ4v) is 3.90. The normalized spacial score (nSPS) is 29.1. The van der Waals surface area contributed by atoms with Gasteiger partial charge < -0.3 is 15.2 Å². The Labute approximate surface area is 129 Å². The van der Waals surface area contributed by atoms with E-state index in [0.29, 0.717) is 5.13 Å². The van der Waals surface area contributed by atoms with Gasteiger partial charge in [0.2, 0.25) is 5.91 Å². The third-order valence-corrected chi connectivity index (χ3v) is 4.96.